The van der Waals surface area contributed by atoms with E-state index in [0.717, 1.165) is 35.5 Å². The molecule has 1 aliphatic rings. The Hall–Kier alpha value is -3.48. The minimum Gasteiger partial charge on any atom is -0.339 e. The highest BCUT2D eigenvalue weighted by Crippen LogP contribution is 2.33. The third kappa shape index (κ3) is 3.47. The Morgan fingerprint density at radius 1 is 1.17 bits per heavy atom. The second-order valence-electron chi connectivity index (χ2n) is 7.85. The van der Waals surface area contributed by atoms with Crippen LogP contribution in [0.4, 0.5) is 5.69 Å². The van der Waals surface area contributed by atoms with Crippen LogP contribution in [-0.2, 0) is 0 Å². The van der Waals surface area contributed by atoms with Gasteiger partial charge in [-0.05, 0) is 43.5 Å². The van der Waals surface area contributed by atoms with Crippen LogP contribution in [0, 0.1) is 6.92 Å². The maximum atomic E-state index is 12.9. The number of carbonyl (C=O) groups is 1. The minimum atomic E-state index is -0.218. The summed E-state index contributed by atoms with van der Waals surface area (Å²) in [5, 5.41) is 7.19. The van der Waals surface area contributed by atoms with E-state index in [2.05, 4.69) is 20.4 Å². The number of aryl methyl sites for hydroxylation is 1. The highest BCUT2D eigenvalue weighted by atomic mass is 16.5. The second kappa shape index (κ2) is 7.74. The molecule has 0 aliphatic heterocycles. The van der Waals surface area contributed by atoms with E-state index in [4.69, 9.17) is 4.52 Å². The number of nitrogens with one attached hydrogen (secondary N) is 1. The zero-order valence-electron chi connectivity index (χ0n) is 16.8. The number of aromatic nitrogens is 4. The van der Waals surface area contributed by atoms with E-state index in [-0.39, 0.29) is 5.91 Å². The standard InChI is InChI=1S/C23H23N5O2/c1-15-10-11-17(21-26-23(30-27-21)16-7-3-2-4-8-16)13-18(15)25-22(29)19-14-24-20-9-5-6-12-28(19)20/h5-6,9-14,16H,2-4,7-8H2,1H3,(H,25,29). The first-order chi connectivity index (χ1) is 14.7. The fraction of sp³-hybridized carbons (Fsp3) is 0.304. The maximum absolute atomic E-state index is 12.9. The van der Waals surface area contributed by atoms with Crippen molar-refractivity contribution in [2.45, 2.75) is 44.9 Å². The quantitative estimate of drug-likeness (QED) is 0.520. The average molecular weight is 401 g/mol. The van der Waals surface area contributed by atoms with Crippen LogP contribution in [0.5, 0.6) is 0 Å². The molecule has 0 bridgehead atoms. The molecular weight excluding hydrogens is 378 g/mol. The SMILES string of the molecule is Cc1ccc(-c2noc(C3CCCCC3)n2)cc1NC(=O)c1cnc2ccccn12. The van der Waals surface area contributed by atoms with Crippen molar-refractivity contribution in [1.29, 1.82) is 0 Å². The van der Waals surface area contributed by atoms with E-state index in [1.165, 1.54) is 19.3 Å². The molecule has 5 rings (SSSR count). The Kier molecular flexibility index (Phi) is 4.78. The molecule has 3 heterocycles. The lowest BCUT2D eigenvalue weighted by Gasteiger charge is -2.17. The Morgan fingerprint density at radius 3 is 2.90 bits per heavy atom. The summed E-state index contributed by atoms with van der Waals surface area (Å²) >= 11 is 0. The summed E-state index contributed by atoms with van der Waals surface area (Å²) in [4.78, 5) is 21.8. The molecule has 7 heteroatoms. The van der Waals surface area contributed by atoms with Gasteiger partial charge in [0.15, 0.2) is 0 Å². The molecule has 1 saturated carbocycles. The van der Waals surface area contributed by atoms with Crippen LogP contribution in [0.1, 0.15) is 60.0 Å². The number of pyridine rings is 1. The topological polar surface area (TPSA) is 85.3 Å². The van der Waals surface area contributed by atoms with Crippen LogP contribution < -0.4 is 5.32 Å². The molecule has 0 atom stereocenters. The molecule has 7 nitrogen and oxygen atoms in total. The molecule has 1 aromatic carbocycles. The first kappa shape index (κ1) is 18.5. The second-order valence-corrected chi connectivity index (χ2v) is 7.85. The fourth-order valence-corrected chi connectivity index (χ4v) is 4.05. The van der Waals surface area contributed by atoms with Gasteiger partial charge in [0.05, 0.1) is 6.20 Å². The number of benzene rings is 1. The molecule has 1 N–H and O–H groups in total. The van der Waals surface area contributed by atoms with Crippen molar-refractivity contribution in [3.8, 4) is 11.4 Å². The smallest absolute Gasteiger partial charge is 0.274 e. The number of fused-ring (bicyclic) bond motifs is 1. The number of hydrogen-bond donors (Lipinski definition) is 1. The molecule has 0 radical (unpaired) electrons. The van der Waals surface area contributed by atoms with Crippen molar-refractivity contribution in [2.24, 2.45) is 0 Å². The Bertz CT molecular complexity index is 1200. The third-order valence-corrected chi connectivity index (χ3v) is 5.79. The summed E-state index contributed by atoms with van der Waals surface area (Å²) < 4.78 is 7.32. The predicted molar refractivity (Wildman–Crippen MR) is 113 cm³/mol. The molecule has 0 unspecified atom stereocenters. The first-order valence-electron chi connectivity index (χ1n) is 10.4. The Balaban J connectivity index is 1.40. The number of hydrogen-bond acceptors (Lipinski definition) is 5. The lowest BCUT2D eigenvalue weighted by molar-refractivity contribution is 0.102. The fourth-order valence-electron chi connectivity index (χ4n) is 4.05. The van der Waals surface area contributed by atoms with Gasteiger partial charge < -0.3 is 9.84 Å². The van der Waals surface area contributed by atoms with Crippen molar-refractivity contribution in [3.63, 3.8) is 0 Å². The van der Waals surface area contributed by atoms with Crippen LogP contribution in [0.2, 0.25) is 0 Å². The Morgan fingerprint density at radius 2 is 2.03 bits per heavy atom. The number of rotatable bonds is 4. The van der Waals surface area contributed by atoms with Crippen molar-refractivity contribution in [1.82, 2.24) is 19.5 Å². The van der Waals surface area contributed by atoms with Gasteiger partial charge in [0.2, 0.25) is 11.7 Å². The highest BCUT2D eigenvalue weighted by molar-refractivity contribution is 6.04. The van der Waals surface area contributed by atoms with Crippen LogP contribution in [0.3, 0.4) is 0 Å². The molecule has 0 saturated heterocycles. The van der Waals surface area contributed by atoms with E-state index in [1.807, 2.05) is 49.5 Å². The van der Waals surface area contributed by atoms with E-state index < -0.39 is 0 Å². The third-order valence-electron chi connectivity index (χ3n) is 5.79. The summed E-state index contributed by atoms with van der Waals surface area (Å²) in [6.07, 6.45) is 9.34. The molecule has 1 aliphatic carbocycles. The van der Waals surface area contributed by atoms with Gasteiger partial charge in [-0.25, -0.2) is 4.98 Å². The van der Waals surface area contributed by atoms with Gasteiger partial charge >= 0.3 is 0 Å². The van der Waals surface area contributed by atoms with Crippen LogP contribution in [-0.4, -0.2) is 25.4 Å². The molecule has 1 fully saturated rings. The molecule has 30 heavy (non-hydrogen) atoms. The number of amides is 1. The largest absolute Gasteiger partial charge is 0.339 e. The molecule has 1 amide bonds. The first-order valence-corrected chi connectivity index (χ1v) is 10.4. The summed E-state index contributed by atoms with van der Waals surface area (Å²) in [5.74, 6) is 1.42. The predicted octanol–water partition coefficient (Wildman–Crippen LogP) is 4.99. The number of nitrogens with zero attached hydrogens (tertiary/aromatic N) is 4. The summed E-state index contributed by atoms with van der Waals surface area (Å²) in [6, 6.07) is 11.4. The zero-order chi connectivity index (χ0) is 20.5. The van der Waals surface area contributed by atoms with Crippen LogP contribution in [0.15, 0.2) is 53.3 Å². The lowest BCUT2D eigenvalue weighted by atomic mass is 9.89. The normalized spacial score (nSPS) is 14.8. The summed E-state index contributed by atoms with van der Waals surface area (Å²) in [7, 11) is 0. The summed E-state index contributed by atoms with van der Waals surface area (Å²) in [6.45, 7) is 1.96. The van der Waals surface area contributed by atoms with Crippen molar-refractivity contribution in [2.75, 3.05) is 5.32 Å². The minimum absolute atomic E-state index is 0.218. The van der Waals surface area contributed by atoms with Crippen LogP contribution >= 0.6 is 0 Å². The molecule has 152 valence electrons. The van der Waals surface area contributed by atoms with E-state index in [0.29, 0.717) is 23.1 Å². The molecule has 4 aromatic rings. The van der Waals surface area contributed by atoms with Gasteiger partial charge in [0, 0.05) is 23.4 Å². The van der Waals surface area contributed by atoms with Crippen molar-refractivity contribution < 1.29 is 9.32 Å². The van der Waals surface area contributed by atoms with Gasteiger partial charge in [-0.3, -0.25) is 9.20 Å². The van der Waals surface area contributed by atoms with E-state index in [9.17, 15) is 4.79 Å². The Labute approximate surface area is 174 Å². The number of anilines is 1. The van der Waals surface area contributed by atoms with Crippen LogP contribution in [0.25, 0.3) is 17.0 Å². The maximum Gasteiger partial charge on any atom is 0.274 e. The number of imidazole rings is 1. The average Bonchev–Trinajstić information content (AvgIpc) is 3.43. The van der Waals surface area contributed by atoms with Gasteiger partial charge in [-0.1, -0.05) is 42.6 Å². The lowest BCUT2D eigenvalue weighted by Crippen LogP contribution is -2.15. The monoisotopic (exact) mass is 401 g/mol. The van der Waals surface area contributed by atoms with Gasteiger partial charge in [-0.2, -0.15) is 4.98 Å². The van der Waals surface area contributed by atoms with Crippen molar-refractivity contribution in [3.05, 3.63) is 65.9 Å². The molecular formula is C23H23N5O2. The van der Waals surface area contributed by atoms with Crippen molar-refractivity contribution >= 4 is 17.2 Å². The van der Waals surface area contributed by atoms with Gasteiger partial charge in [0.25, 0.3) is 5.91 Å². The van der Waals surface area contributed by atoms with E-state index >= 15 is 0 Å². The highest BCUT2D eigenvalue weighted by Gasteiger charge is 2.22. The molecule has 3 aromatic heterocycles. The summed E-state index contributed by atoms with van der Waals surface area (Å²) in [5.41, 5.74) is 3.70. The molecule has 0 spiro atoms. The van der Waals surface area contributed by atoms with E-state index in [1.54, 1.807) is 10.6 Å². The van der Waals surface area contributed by atoms with Gasteiger partial charge in [-0.15, -0.1) is 0 Å². The van der Waals surface area contributed by atoms with Gasteiger partial charge in [0.1, 0.15) is 11.3 Å². The number of carbonyl (C=O) groups excluding carboxylic acids is 1. The zero-order valence-corrected chi connectivity index (χ0v) is 16.8.